The number of aromatic nitrogens is 3. The van der Waals surface area contributed by atoms with Crippen LogP contribution in [0.15, 0.2) is 30.3 Å². The second-order valence-electron chi connectivity index (χ2n) is 9.40. The number of benzene rings is 2. The summed E-state index contributed by atoms with van der Waals surface area (Å²) in [4.78, 5) is 11.8. The Kier molecular flexibility index (Phi) is 6.78. The van der Waals surface area contributed by atoms with Gasteiger partial charge < -0.3 is 5.11 Å². The Labute approximate surface area is 200 Å². The number of carbonyl (C=O) groups is 1. The lowest BCUT2D eigenvalue weighted by molar-refractivity contribution is -0.137. The minimum absolute atomic E-state index is 0.0781. The third-order valence-corrected chi connectivity index (χ3v) is 9.47. The van der Waals surface area contributed by atoms with Crippen molar-refractivity contribution >= 4 is 27.0 Å². The summed E-state index contributed by atoms with van der Waals surface area (Å²) >= 11 is 0. The van der Waals surface area contributed by atoms with E-state index >= 15 is 0 Å². The Morgan fingerprint density at radius 1 is 1.21 bits per heavy atom. The normalized spacial score (nSPS) is 15.9. The molecule has 1 saturated carbocycles. The van der Waals surface area contributed by atoms with Crippen LogP contribution in [0, 0.1) is 13.8 Å². The van der Waals surface area contributed by atoms with Crippen molar-refractivity contribution in [2.24, 2.45) is 7.05 Å². The van der Waals surface area contributed by atoms with E-state index in [0.717, 1.165) is 64.5 Å². The maximum atomic E-state index is 13.0. The highest BCUT2D eigenvalue weighted by Crippen LogP contribution is 2.35. The molecule has 9 heteroatoms. The van der Waals surface area contributed by atoms with Crippen LogP contribution in [-0.4, -0.2) is 51.1 Å². The van der Waals surface area contributed by atoms with E-state index in [1.807, 2.05) is 51.2 Å². The fourth-order valence-corrected chi connectivity index (χ4v) is 6.81. The Balaban J connectivity index is 1.71. The van der Waals surface area contributed by atoms with Gasteiger partial charge in [-0.05, 0) is 60.6 Å². The van der Waals surface area contributed by atoms with Crippen molar-refractivity contribution in [2.45, 2.75) is 63.7 Å². The summed E-state index contributed by atoms with van der Waals surface area (Å²) in [6, 6.07) is 9.72. The van der Waals surface area contributed by atoms with E-state index < -0.39 is 16.0 Å². The molecule has 1 fully saturated rings. The minimum atomic E-state index is -3.36. The highest BCUT2D eigenvalue weighted by molar-refractivity contribution is 7.89. The first-order valence-electron chi connectivity index (χ1n) is 11.6. The molecule has 0 amide bonds. The highest BCUT2D eigenvalue weighted by atomic mass is 32.2. The Morgan fingerprint density at radius 2 is 1.91 bits per heavy atom. The van der Waals surface area contributed by atoms with Crippen molar-refractivity contribution in [3.8, 4) is 0 Å². The van der Waals surface area contributed by atoms with Crippen molar-refractivity contribution in [1.29, 1.82) is 0 Å². The van der Waals surface area contributed by atoms with E-state index in [1.165, 1.54) is 4.31 Å². The summed E-state index contributed by atoms with van der Waals surface area (Å²) in [5.74, 6) is -1.29. The van der Waals surface area contributed by atoms with Crippen LogP contribution in [0.25, 0.3) is 11.0 Å². The van der Waals surface area contributed by atoms with E-state index in [2.05, 4.69) is 10.3 Å². The number of sulfonamides is 1. The lowest BCUT2D eigenvalue weighted by atomic mass is 9.84. The third-order valence-electron chi connectivity index (χ3n) is 7.16. The molecule has 1 heterocycles. The van der Waals surface area contributed by atoms with Crippen molar-refractivity contribution in [1.82, 2.24) is 19.3 Å². The van der Waals surface area contributed by atoms with Crippen LogP contribution >= 0.6 is 0 Å². The molecule has 1 unspecified atom stereocenters. The molecule has 1 aliphatic rings. The topological polar surface area (TPSA) is 105 Å². The van der Waals surface area contributed by atoms with Crippen LogP contribution in [0.1, 0.15) is 65.8 Å². The van der Waals surface area contributed by atoms with Gasteiger partial charge in [-0.25, -0.2) is 17.4 Å². The molecule has 3 aromatic rings. The average molecular weight is 485 g/mol. The quantitative estimate of drug-likeness (QED) is 0.520. The maximum absolute atomic E-state index is 13.0. The van der Waals surface area contributed by atoms with Crippen LogP contribution in [0.3, 0.4) is 0 Å². The summed E-state index contributed by atoms with van der Waals surface area (Å²) in [6.45, 7) is 4.16. The number of aryl methyl sites for hydroxylation is 3. The number of aliphatic carboxylic acids is 1. The summed E-state index contributed by atoms with van der Waals surface area (Å²) < 4.78 is 29.2. The van der Waals surface area contributed by atoms with Crippen LogP contribution in [0.4, 0.5) is 0 Å². The molecule has 4 rings (SSSR count). The second-order valence-corrected chi connectivity index (χ2v) is 11.7. The van der Waals surface area contributed by atoms with Gasteiger partial charge in [-0.2, -0.15) is 0 Å². The van der Waals surface area contributed by atoms with Crippen molar-refractivity contribution in [3.05, 3.63) is 58.1 Å². The lowest BCUT2D eigenvalue weighted by Gasteiger charge is -2.24. The Morgan fingerprint density at radius 3 is 2.59 bits per heavy atom. The first-order valence-corrected chi connectivity index (χ1v) is 13.1. The molecule has 0 aliphatic heterocycles. The van der Waals surface area contributed by atoms with Crippen LogP contribution in [0.5, 0.6) is 0 Å². The molecule has 0 radical (unpaired) electrons. The van der Waals surface area contributed by atoms with Crippen molar-refractivity contribution in [2.75, 3.05) is 7.05 Å². The molecular weight excluding hydrogens is 452 g/mol. The standard InChI is InChI=1S/C25H32N4O4S/c1-16-9-10-18(13-19(16)15-28(3)34(32,33)20-7-5-6-8-20)22(14-24(30)31)21-11-12-23-25(17(21)2)26-27-29(23)4/h9-13,20,22H,5-8,14-15H2,1-4H3,(H,30,31). The summed E-state index contributed by atoms with van der Waals surface area (Å²) in [6.07, 6.45) is 3.27. The van der Waals surface area contributed by atoms with Crippen molar-refractivity contribution in [3.63, 3.8) is 0 Å². The number of hydrogen-bond acceptors (Lipinski definition) is 5. The van der Waals surface area contributed by atoms with E-state index in [0.29, 0.717) is 0 Å². The van der Waals surface area contributed by atoms with Gasteiger partial charge in [0.15, 0.2) is 0 Å². The monoisotopic (exact) mass is 484 g/mol. The number of carboxylic acid groups (broad SMARTS) is 1. The van der Waals surface area contributed by atoms with E-state index in [4.69, 9.17) is 0 Å². The van der Waals surface area contributed by atoms with Crippen LogP contribution < -0.4 is 0 Å². The lowest BCUT2D eigenvalue weighted by Crippen LogP contribution is -2.34. The van der Waals surface area contributed by atoms with Gasteiger partial charge in [0, 0.05) is 26.6 Å². The smallest absolute Gasteiger partial charge is 0.304 e. The number of rotatable bonds is 8. The van der Waals surface area contributed by atoms with Gasteiger partial charge >= 0.3 is 5.97 Å². The molecule has 182 valence electrons. The first kappa shape index (κ1) is 24.3. The van der Waals surface area contributed by atoms with Gasteiger partial charge in [0.25, 0.3) is 0 Å². The predicted molar refractivity (Wildman–Crippen MR) is 131 cm³/mol. The molecule has 0 spiro atoms. The summed E-state index contributed by atoms with van der Waals surface area (Å²) in [5.41, 5.74) is 6.14. The van der Waals surface area contributed by atoms with Gasteiger partial charge in [-0.15, -0.1) is 5.10 Å². The number of nitrogens with zero attached hydrogens (tertiary/aromatic N) is 4. The molecule has 1 N–H and O–H groups in total. The SMILES string of the molecule is Cc1ccc(C(CC(=O)O)c2ccc3c(nnn3C)c2C)cc1CN(C)S(=O)(=O)C1CCCC1. The molecule has 0 bridgehead atoms. The first-order chi connectivity index (χ1) is 16.1. The molecule has 0 saturated heterocycles. The van der Waals surface area contributed by atoms with Crippen LogP contribution in [-0.2, 0) is 28.4 Å². The second kappa shape index (κ2) is 9.46. The zero-order valence-electron chi connectivity index (χ0n) is 20.2. The molecule has 8 nitrogen and oxygen atoms in total. The Bertz CT molecular complexity index is 1330. The predicted octanol–water partition coefficient (Wildman–Crippen LogP) is 3.90. The highest BCUT2D eigenvalue weighted by Gasteiger charge is 2.32. The largest absolute Gasteiger partial charge is 0.481 e. The zero-order chi connectivity index (χ0) is 24.6. The molecular formula is C25H32N4O4S. The summed E-state index contributed by atoms with van der Waals surface area (Å²) in [5, 5.41) is 17.7. The third kappa shape index (κ3) is 4.59. The average Bonchev–Trinajstić information content (AvgIpc) is 3.45. The minimum Gasteiger partial charge on any atom is -0.481 e. The fourth-order valence-electron chi connectivity index (χ4n) is 5.06. The van der Waals surface area contributed by atoms with Gasteiger partial charge in [-0.3, -0.25) is 4.79 Å². The number of fused-ring (bicyclic) bond motifs is 1. The van der Waals surface area contributed by atoms with Gasteiger partial charge in [0.2, 0.25) is 10.0 Å². The maximum Gasteiger partial charge on any atom is 0.304 e. The van der Waals surface area contributed by atoms with Crippen molar-refractivity contribution < 1.29 is 18.3 Å². The number of carboxylic acids is 1. The molecule has 1 atom stereocenters. The number of hydrogen-bond donors (Lipinski definition) is 1. The van der Waals surface area contributed by atoms with Gasteiger partial charge in [-0.1, -0.05) is 42.3 Å². The molecule has 2 aromatic carbocycles. The van der Waals surface area contributed by atoms with Crippen LogP contribution in [0.2, 0.25) is 0 Å². The molecule has 34 heavy (non-hydrogen) atoms. The van der Waals surface area contributed by atoms with E-state index in [-0.39, 0.29) is 24.1 Å². The molecule has 1 aliphatic carbocycles. The fraction of sp³-hybridized carbons (Fsp3) is 0.480. The zero-order valence-corrected chi connectivity index (χ0v) is 21.0. The van der Waals surface area contributed by atoms with E-state index in [1.54, 1.807) is 11.7 Å². The van der Waals surface area contributed by atoms with Gasteiger partial charge in [0.1, 0.15) is 5.52 Å². The summed E-state index contributed by atoms with van der Waals surface area (Å²) in [7, 11) is 0.0995. The van der Waals surface area contributed by atoms with E-state index in [9.17, 15) is 18.3 Å². The van der Waals surface area contributed by atoms with Gasteiger partial charge in [0.05, 0.1) is 17.2 Å². The molecule has 1 aromatic heterocycles. The Hall–Kier alpha value is -2.78.